The normalized spacial score (nSPS) is 10.6. The highest BCUT2D eigenvalue weighted by Gasteiger charge is 2.11. The van der Waals surface area contributed by atoms with E-state index in [2.05, 4.69) is 5.32 Å². The third-order valence-electron chi connectivity index (χ3n) is 4.49. The Balaban J connectivity index is 1.67. The molecule has 0 bridgehead atoms. The molecule has 2 N–H and O–H groups in total. The van der Waals surface area contributed by atoms with E-state index in [0.29, 0.717) is 41.2 Å². The van der Waals surface area contributed by atoms with Crippen molar-refractivity contribution in [2.24, 2.45) is 0 Å². The Bertz CT molecular complexity index is 1020. The van der Waals surface area contributed by atoms with E-state index in [1.54, 1.807) is 43.5 Å². The topological polar surface area (TPSA) is 67.8 Å². The van der Waals surface area contributed by atoms with E-state index in [-0.39, 0.29) is 5.56 Å². The lowest BCUT2D eigenvalue weighted by atomic mass is 10.1. The molecule has 7 heteroatoms. The number of halogens is 2. The summed E-state index contributed by atoms with van der Waals surface area (Å²) in [6.07, 6.45) is 0. The molecule has 3 aromatic carbocycles. The number of nitrogens with one attached hydrogen (secondary N) is 1. The lowest BCUT2D eigenvalue weighted by Crippen LogP contribution is -2.14. The van der Waals surface area contributed by atoms with Crippen molar-refractivity contribution in [3.63, 3.8) is 0 Å². The van der Waals surface area contributed by atoms with Crippen LogP contribution in [-0.2, 0) is 19.7 Å². The number of para-hydroxylation sites is 1. The van der Waals surface area contributed by atoms with Crippen LogP contribution in [0.2, 0.25) is 10.0 Å². The molecule has 0 saturated carbocycles. The number of benzene rings is 3. The van der Waals surface area contributed by atoms with Crippen molar-refractivity contribution in [2.75, 3.05) is 7.11 Å². The number of carboxylic acid groups (broad SMARTS) is 1. The molecule has 0 heterocycles. The minimum Gasteiger partial charge on any atom is -0.493 e. The Morgan fingerprint density at radius 1 is 0.967 bits per heavy atom. The fraction of sp³-hybridized carbons (Fsp3) is 0.174. The molecule has 3 aromatic rings. The van der Waals surface area contributed by atoms with Crippen LogP contribution in [0.5, 0.6) is 11.5 Å². The third kappa shape index (κ3) is 5.66. The zero-order valence-corrected chi connectivity index (χ0v) is 17.8. The lowest BCUT2D eigenvalue weighted by Gasteiger charge is -2.16. The Labute approximate surface area is 185 Å². The summed E-state index contributed by atoms with van der Waals surface area (Å²) < 4.78 is 11.5. The van der Waals surface area contributed by atoms with Crippen molar-refractivity contribution in [3.05, 3.63) is 93.0 Å². The average molecular weight is 446 g/mol. The third-order valence-corrected chi connectivity index (χ3v) is 5.23. The van der Waals surface area contributed by atoms with E-state index >= 15 is 0 Å². The number of hydrogen-bond acceptors (Lipinski definition) is 4. The minimum absolute atomic E-state index is 0.268. The molecule has 5 nitrogen and oxygen atoms in total. The first kappa shape index (κ1) is 22.0. The van der Waals surface area contributed by atoms with Crippen molar-refractivity contribution in [1.29, 1.82) is 0 Å². The molecular weight excluding hydrogens is 425 g/mol. The summed E-state index contributed by atoms with van der Waals surface area (Å²) in [5.74, 6) is 0.356. The molecule has 0 amide bonds. The summed E-state index contributed by atoms with van der Waals surface area (Å²) in [7, 11) is 1.60. The van der Waals surface area contributed by atoms with Gasteiger partial charge in [-0.15, -0.1) is 0 Å². The Morgan fingerprint density at radius 2 is 1.70 bits per heavy atom. The van der Waals surface area contributed by atoms with E-state index < -0.39 is 5.97 Å². The quantitative estimate of drug-likeness (QED) is 0.450. The summed E-state index contributed by atoms with van der Waals surface area (Å²) >= 11 is 12.1. The van der Waals surface area contributed by atoms with E-state index in [0.717, 1.165) is 16.7 Å². The fourth-order valence-electron chi connectivity index (χ4n) is 2.92. The molecule has 0 aliphatic rings. The second-order valence-corrected chi connectivity index (χ2v) is 7.41. The number of ether oxygens (including phenoxy) is 2. The largest absolute Gasteiger partial charge is 0.493 e. The molecule has 3 rings (SSSR count). The Morgan fingerprint density at radius 3 is 2.37 bits per heavy atom. The molecular formula is C23H21Cl2NO4. The standard InChI is InChI=1S/C23H21Cl2NO4/c1-29-21-4-2-3-18(13-26-12-15-5-8-17(9-6-15)23(27)28)22(21)30-14-16-7-10-19(24)20(25)11-16/h2-11,26H,12-14H2,1H3,(H,27,28). The van der Waals surface area contributed by atoms with Gasteiger partial charge in [0, 0.05) is 18.7 Å². The van der Waals surface area contributed by atoms with Crippen LogP contribution in [0.25, 0.3) is 0 Å². The number of carbonyl (C=O) groups is 1. The van der Waals surface area contributed by atoms with Gasteiger partial charge in [-0.2, -0.15) is 0 Å². The maximum absolute atomic E-state index is 11.0. The maximum atomic E-state index is 11.0. The Hall–Kier alpha value is -2.73. The van der Waals surface area contributed by atoms with Gasteiger partial charge in [-0.05, 0) is 41.5 Å². The summed E-state index contributed by atoms with van der Waals surface area (Å²) in [5, 5.41) is 13.3. The second kappa shape index (κ2) is 10.3. The molecule has 0 aliphatic heterocycles. The zero-order valence-electron chi connectivity index (χ0n) is 16.3. The van der Waals surface area contributed by atoms with Crippen molar-refractivity contribution in [1.82, 2.24) is 5.32 Å². The van der Waals surface area contributed by atoms with Crippen LogP contribution in [-0.4, -0.2) is 18.2 Å². The van der Waals surface area contributed by atoms with Gasteiger partial charge < -0.3 is 19.9 Å². The highest BCUT2D eigenvalue weighted by atomic mass is 35.5. The van der Waals surface area contributed by atoms with Gasteiger partial charge in [0.1, 0.15) is 6.61 Å². The molecule has 0 unspecified atom stereocenters. The number of rotatable bonds is 9. The minimum atomic E-state index is -0.936. The summed E-state index contributed by atoms with van der Waals surface area (Å²) in [4.78, 5) is 11.0. The monoisotopic (exact) mass is 445 g/mol. The van der Waals surface area contributed by atoms with E-state index in [9.17, 15) is 4.79 Å². The van der Waals surface area contributed by atoms with Crippen LogP contribution in [0.3, 0.4) is 0 Å². The van der Waals surface area contributed by atoms with Crippen molar-refractivity contribution in [2.45, 2.75) is 19.7 Å². The van der Waals surface area contributed by atoms with E-state index in [1.165, 1.54) is 0 Å². The number of methoxy groups -OCH3 is 1. The predicted molar refractivity (Wildman–Crippen MR) is 118 cm³/mol. The van der Waals surface area contributed by atoms with Gasteiger partial charge in [0.05, 0.1) is 22.7 Å². The van der Waals surface area contributed by atoms with Gasteiger partial charge in [-0.1, -0.05) is 53.5 Å². The van der Waals surface area contributed by atoms with Gasteiger partial charge in [-0.25, -0.2) is 4.79 Å². The molecule has 0 radical (unpaired) electrons. The molecule has 0 aliphatic carbocycles. The van der Waals surface area contributed by atoms with Gasteiger partial charge in [0.2, 0.25) is 0 Å². The van der Waals surface area contributed by atoms with Gasteiger partial charge in [0.15, 0.2) is 11.5 Å². The van der Waals surface area contributed by atoms with Gasteiger partial charge >= 0.3 is 5.97 Å². The average Bonchev–Trinajstić information content (AvgIpc) is 2.75. The molecule has 156 valence electrons. The summed E-state index contributed by atoms with van der Waals surface area (Å²) in [6.45, 7) is 1.46. The van der Waals surface area contributed by atoms with Crippen molar-refractivity contribution in [3.8, 4) is 11.5 Å². The zero-order chi connectivity index (χ0) is 21.5. The van der Waals surface area contributed by atoms with Gasteiger partial charge in [0.25, 0.3) is 0 Å². The van der Waals surface area contributed by atoms with Crippen LogP contribution in [0.15, 0.2) is 60.7 Å². The SMILES string of the molecule is COc1cccc(CNCc2ccc(C(=O)O)cc2)c1OCc1ccc(Cl)c(Cl)c1. The number of aromatic carboxylic acids is 1. The first-order valence-electron chi connectivity index (χ1n) is 9.23. The van der Waals surface area contributed by atoms with Gasteiger partial charge in [-0.3, -0.25) is 0 Å². The first-order chi connectivity index (χ1) is 14.5. The van der Waals surface area contributed by atoms with Crippen molar-refractivity contribution >= 4 is 29.2 Å². The molecule has 0 saturated heterocycles. The predicted octanol–water partition coefficient (Wildman–Crippen LogP) is 5.57. The maximum Gasteiger partial charge on any atom is 0.335 e. The fourth-order valence-corrected chi connectivity index (χ4v) is 3.24. The lowest BCUT2D eigenvalue weighted by molar-refractivity contribution is 0.0697. The molecule has 0 fully saturated rings. The number of hydrogen-bond donors (Lipinski definition) is 2. The van der Waals surface area contributed by atoms with E-state index in [4.69, 9.17) is 37.8 Å². The second-order valence-electron chi connectivity index (χ2n) is 6.59. The summed E-state index contributed by atoms with van der Waals surface area (Å²) in [6, 6.07) is 17.9. The molecule has 0 atom stereocenters. The highest BCUT2D eigenvalue weighted by Crippen LogP contribution is 2.32. The smallest absolute Gasteiger partial charge is 0.335 e. The highest BCUT2D eigenvalue weighted by molar-refractivity contribution is 6.42. The van der Waals surface area contributed by atoms with E-state index in [1.807, 2.05) is 24.3 Å². The molecule has 30 heavy (non-hydrogen) atoms. The van der Waals surface area contributed by atoms with Crippen LogP contribution in [0.1, 0.15) is 27.0 Å². The van der Waals surface area contributed by atoms with Crippen LogP contribution < -0.4 is 14.8 Å². The first-order valence-corrected chi connectivity index (χ1v) is 9.99. The molecule has 0 spiro atoms. The van der Waals surface area contributed by atoms with Crippen LogP contribution in [0, 0.1) is 0 Å². The van der Waals surface area contributed by atoms with Crippen LogP contribution >= 0.6 is 23.2 Å². The van der Waals surface area contributed by atoms with Crippen molar-refractivity contribution < 1.29 is 19.4 Å². The Kier molecular flexibility index (Phi) is 7.57. The number of carboxylic acids is 1. The van der Waals surface area contributed by atoms with Crippen LogP contribution in [0.4, 0.5) is 0 Å². The summed E-state index contributed by atoms with van der Waals surface area (Å²) in [5.41, 5.74) is 3.09. The molecule has 0 aromatic heterocycles.